The fourth-order valence-corrected chi connectivity index (χ4v) is 4.40. The van der Waals surface area contributed by atoms with Crippen LogP contribution in [0.1, 0.15) is 32.3 Å². The second kappa shape index (κ2) is 4.77. The summed E-state index contributed by atoms with van der Waals surface area (Å²) < 4.78 is 11.0. The molecule has 4 heteroatoms. The van der Waals surface area contributed by atoms with Crippen LogP contribution < -0.4 is 9.47 Å². The molecule has 0 aromatic heterocycles. The van der Waals surface area contributed by atoms with Crippen molar-refractivity contribution in [1.82, 2.24) is 0 Å². The minimum atomic E-state index is -0.875. The Morgan fingerprint density at radius 1 is 1.23 bits per heavy atom. The lowest BCUT2D eigenvalue weighted by Crippen LogP contribution is -2.40. The number of rotatable bonds is 4. The number of ether oxygens (including phenoxy) is 2. The highest BCUT2D eigenvalue weighted by Gasteiger charge is 2.65. The molecule has 0 amide bonds. The van der Waals surface area contributed by atoms with E-state index in [4.69, 9.17) is 9.47 Å². The van der Waals surface area contributed by atoms with Crippen molar-refractivity contribution in [3.8, 4) is 11.5 Å². The summed E-state index contributed by atoms with van der Waals surface area (Å²) >= 11 is 0. The minimum Gasteiger partial charge on any atom is -0.496 e. The van der Waals surface area contributed by atoms with Gasteiger partial charge in [-0.15, -0.1) is 0 Å². The van der Waals surface area contributed by atoms with Gasteiger partial charge in [-0.3, -0.25) is 4.79 Å². The monoisotopic (exact) mass is 302 g/mol. The number of benzene rings is 1. The molecule has 1 N–H and O–H groups in total. The number of carboxylic acid groups (broad SMARTS) is 1. The molecule has 118 valence electrons. The Morgan fingerprint density at radius 2 is 1.82 bits per heavy atom. The van der Waals surface area contributed by atoms with Crippen LogP contribution >= 0.6 is 0 Å². The highest BCUT2D eigenvalue weighted by atomic mass is 16.5. The molecule has 2 atom stereocenters. The van der Waals surface area contributed by atoms with E-state index in [1.165, 1.54) is 0 Å². The predicted molar refractivity (Wildman–Crippen MR) is 84.1 cm³/mol. The van der Waals surface area contributed by atoms with Crippen LogP contribution in [0.4, 0.5) is 0 Å². The van der Waals surface area contributed by atoms with Gasteiger partial charge in [0, 0.05) is 0 Å². The Hall–Kier alpha value is -1.97. The van der Waals surface area contributed by atoms with Crippen molar-refractivity contribution in [3.63, 3.8) is 0 Å². The summed E-state index contributed by atoms with van der Waals surface area (Å²) in [7, 11) is 3.20. The first-order chi connectivity index (χ1) is 10.4. The molecule has 2 aliphatic carbocycles. The smallest absolute Gasteiger partial charge is 0.314 e. The largest absolute Gasteiger partial charge is 0.496 e. The summed E-state index contributed by atoms with van der Waals surface area (Å²) in [6.45, 7) is 4.12. The summed E-state index contributed by atoms with van der Waals surface area (Å²) in [4.78, 5) is 12.3. The molecule has 0 spiro atoms. The first-order valence-electron chi connectivity index (χ1n) is 7.57. The molecular weight excluding hydrogens is 280 g/mol. The van der Waals surface area contributed by atoms with Crippen LogP contribution in [0.2, 0.25) is 0 Å². The van der Waals surface area contributed by atoms with Crippen molar-refractivity contribution in [1.29, 1.82) is 0 Å². The molecule has 0 radical (unpaired) electrons. The topological polar surface area (TPSA) is 55.8 Å². The number of carbonyl (C=O) groups is 1. The van der Waals surface area contributed by atoms with Crippen LogP contribution in [0.25, 0.3) is 5.57 Å². The average Bonchev–Trinajstić information content (AvgIpc) is 2.90. The summed E-state index contributed by atoms with van der Waals surface area (Å²) in [6, 6.07) is 5.56. The third kappa shape index (κ3) is 1.61. The molecule has 1 fully saturated rings. The normalized spacial score (nSPS) is 28.4. The standard InChI is InChI=1S/C18H22O4/c1-17(2)11-8-9-18(17,16(19)20)12(10-11)15-13(21-3)6-5-7-14(15)22-4/h5-7,10-11H,8-9H2,1-4H3,(H,19,20). The van der Waals surface area contributed by atoms with E-state index < -0.39 is 11.4 Å². The van der Waals surface area contributed by atoms with Crippen LogP contribution in [-0.2, 0) is 4.79 Å². The van der Waals surface area contributed by atoms with E-state index in [9.17, 15) is 9.90 Å². The van der Waals surface area contributed by atoms with Gasteiger partial charge in [0.2, 0.25) is 0 Å². The molecule has 3 rings (SSSR count). The average molecular weight is 302 g/mol. The second-order valence-corrected chi connectivity index (χ2v) is 6.70. The zero-order valence-corrected chi connectivity index (χ0v) is 13.5. The summed E-state index contributed by atoms with van der Waals surface area (Å²) in [5.41, 5.74) is 0.445. The molecule has 22 heavy (non-hydrogen) atoms. The highest BCUT2D eigenvalue weighted by Crippen LogP contribution is 2.69. The van der Waals surface area contributed by atoms with Gasteiger partial charge in [-0.05, 0) is 41.9 Å². The van der Waals surface area contributed by atoms with E-state index in [0.29, 0.717) is 17.9 Å². The van der Waals surface area contributed by atoms with Crippen LogP contribution in [0.5, 0.6) is 11.5 Å². The number of hydrogen-bond acceptors (Lipinski definition) is 3. The highest BCUT2D eigenvalue weighted by molar-refractivity contribution is 5.98. The quantitative estimate of drug-likeness (QED) is 0.923. The van der Waals surface area contributed by atoms with Crippen molar-refractivity contribution in [2.24, 2.45) is 16.7 Å². The van der Waals surface area contributed by atoms with Crippen molar-refractivity contribution in [3.05, 3.63) is 29.8 Å². The van der Waals surface area contributed by atoms with Gasteiger partial charge < -0.3 is 14.6 Å². The van der Waals surface area contributed by atoms with E-state index in [1.54, 1.807) is 14.2 Å². The molecule has 2 bridgehead atoms. The lowest BCUT2D eigenvalue weighted by molar-refractivity contribution is -0.149. The van der Waals surface area contributed by atoms with Crippen LogP contribution in [-0.4, -0.2) is 25.3 Å². The van der Waals surface area contributed by atoms with Gasteiger partial charge in [-0.25, -0.2) is 0 Å². The van der Waals surface area contributed by atoms with Crippen molar-refractivity contribution < 1.29 is 19.4 Å². The van der Waals surface area contributed by atoms with E-state index >= 15 is 0 Å². The van der Waals surface area contributed by atoms with Crippen LogP contribution in [0.3, 0.4) is 0 Å². The van der Waals surface area contributed by atoms with Gasteiger partial charge in [-0.2, -0.15) is 0 Å². The SMILES string of the molecule is COc1cccc(OC)c1C1=CC2CCC1(C(=O)O)C2(C)C. The zero-order valence-electron chi connectivity index (χ0n) is 13.5. The summed E-state index contributed by atoms with van der Waals surface area (Å²) in [6.07, 6.45) is 3.70. The van der Waals surface area contributed by atoms with Crippen molar-refractivity contribution in [2.45, 2.75) is 26.7 Å². The molecular formula is C18H22O4. The molecule has 1 aromatic rings. The number of hydrogen-bond donors (Lipinski definition) is 1. The molecule has 1 aromatic carbocycles. The molecule has 4 nitrogen and oxygen atoms in total. The van der Waals surface area contributed by atoms with Crippen molar-refractivity contribution in [2.75, 3.05) is 14.2 Å². The van der Waals surface area contributed by atoms with Gasteiger partial charge in [0.1, 0.15) is 11.5 Å². The fourth-order valence-electron chi connectivity index (χ4n) is 4.40. The van der Waals surface area contributed by atoms with Gasteiger partial charge >= 0.3 is 5.97 Å². The van der Waals surface area contributed by atoms with Crippen molar-refractivity contribution >= 4 is 11.5 Å². The maximum Gasteiger partial charge on any atom is 0.314 e. The lowest BCUT2D eigenvalue weighted by atomic mass is 9.64. The third-order valence-electron chi connectivity index (χ3n) is 5.75. The molecule has 2 aliphatic rings. The number of methoxy groups -OCH3 is 2. The van der Waals surface area contributed by atoms with Crippen LogP contribution in [0.15, 0.2) is 24.3 Å². The maximum atomic E-state index is 12.3. The van der Waals surface area contributed by atoms with E-state index in [0.717, 1.165) is 17.6 Å². The second-order valence-electron chi connectivity index (χ2n) is 6.70. The Morgan fingerprint density at radius 3 is 2.27 bits per heavy atom. The minimum absolute atomic E-state index is 0.271. The van der Waals surface area contributed by atoms with E-state index in [2.05, 4.69) is 19.9 Å². The maximum absolute atomic E-state index is 12.3. The molecule has 2 unspecified atom stereocenters. The summed E-state index contributed by atoms with van der Waals surface area (Å²) in [5, 5.41) is 10.1. The fraction of sp³-hybridized carbons (Fsp3) is 0.500. The van der Waals surface area contributed by atoms with Gasteiger partial charge in [0.15, 0.2) is 0 Å². The Kier molecular flexibility index (Phi) is 3.24. The predicted octanol–water partition coefficient (Wildman–Crippen LogP) is 3.61. The molecule has 1 saturated carbocycles. The number of fused-ring (bicyclic) bond motifs is 2. The zero-order chi connectivity index (χ0) is 16.1. The van der Waals surface area contributed by atoms with E-state index in [1.807, 2.05) is 18.2 Å². The third-order valence-corrected chi connectivity index (χ3v) is 5.75. The molecule has 0 heterocycles. The summed E-state index contributed by atoms with van der Waals surface area (Å²) in [5.74, 6) is 0.842. The first kappa shape index (κ1) is 14.9. The first-order valence-corrected chi connectivity index (χ1v) is 7.57. The number of aliphatic carboxylic acids is 1. The Labute approximate surface area is 130 Å². The van der Waals surface area contributed by atoms with Gasteiger partial charge in [0.25, 0.3) is 0 Å². The van der Waals surface area contributed by atoms with Gasteiger partial charge in [-0.1, -0.05) is 26.0 Å². The Balaban J connectivity index is 2.26. The van der Waals surface area contributed by atoms with E-state index in [-0.39, 0.29) is 11.3 Å². The molecule has 0 aliphatic heterocycles. The Bertz CT molecular complexity index is 637. The lowest BCUT2D eigenvalue weighted by Gasteiger charge is -2.37. The van der Waals surface area contributed by atoms with Crippen LogP contribution in [0, 0.1) is 16.7 Å². The number of carboxylic acids is 1. The molecule has 0 saturated heterocycles. The number of allylic oxidation sites excluding steroid dienone is 1. The van der Waals surface area contributed by atoms with Gasteiger partial charge in [0.05, 0.1) is 25.2 Å².